The van der Waals surface area contributed by atoms with Crippen molar-refractivity contribution in [2.24, 2.45) is 0 Å². The average molecular weight is 407 g/mol. The van der Waals surface area contributed by atoms with Crippen molar-refractivity contribution >= 4 is 45.3 Å². The van der Waals surface area contributed by atoms with Crippen LogP contribution in [0.25, 0.3) is 0 Å². The van der Waals surface area contributed by atoms with E-state index in [1.807, 2.05) is 18.5 Å². The van der Waals surface area contributed by atoms with Crippen LogP contribution in [0, 0.1) is 13.8 Å². The Morgan fingerprint density at radius 1 is 1.26 bits per heavy atom. The van der Waals surface area contributed by atoms with Crippen molar-refractivity contribution in [1.82, 2.24) is 9.78 Å². The van der Waals surface area contributed by atoms with Gasteiger partial charge in [0.25, 0.3) is 0 Å². The van der Waals surface area contributed by atoms with Gasteiger partial charge in [-0.25, -0.2) is 4.79 Å². The van der Waals surface area contributed by atoms with Gasteiger partial charge in [-0.1, -0.05) is 6.42 Å². The molecule has 1 aliphatic rings. The number of ether oxygens (including phenoxy) is 1. The molecule has 8 heteroatoms. The van der Waals surface area contributed by atoms with Gasteiger partial charge in [0.2, 0.25) is 0 Å². The number of aromatic nitrogens is 2. The van der Waals surface area contributed by atoms with Crippen molar-refractivity contribution in [2.75, 3.05) is 17.7 Å². The molecule has 27 heavy (non-hydrogen) atoms. The quantitative estimate of drug-likeness (QED) is 0.444. The summed E-state index contributed by atoms with van der Waals surface area (Å²) in [5.74, 6) is -0.300. The number of carbonyl (C=O) groups excluding carboxylic acids is 1. The molecule has 2 N–H and O–H groups in total. The van der Waals surface area contributed by atoms with Crippen LogP contribution in [0.1, 0.15) is 58.4 Å². The molecule has 0 aromatic carbocycles. The van der Waals surface area contributed by atoms with Gasteiger partial charge in [0.05, 0.1) is 29.7 Å². The van der Waals surface area contributed by atoms with Crippen molar-refractivity contribution in [3.8, 4) is 0 Å². The predicted molar refractivity (Wildman–Crippen MR) is 114 cm³/mol. The Labute approximate surface area is 169 Å². The SMILES string of the molecule is CCn1nc(C)c(NC(=S)Nc2sc3c(c2C(=O)OC)CCCCC3)c1C. The van der Waals surface area contributed by atoms with E-state index in [1.165, 1.54) is 18.4 Å². The molecular weight excluding hydrogens is 380 g/mol. The van der Waals surface area contributed by atoms with Crippen molar-refractivity contribution in [1.29, 1.82) is 0 Å². The first kappa shape index (κ1) is 19.8. The van der Waals surface area contributed by atoms with Crippen molar-refractivity contribution < 1.29 is 9.53 Å². The Morgan fingerprint density at radius 3 is 2.67 bits per heavy atom. The van der Waals surface area contributed by atoms with Crippen LogP contribution in [0.4, 0.5) is 10.7 Å². The third kappa shape index (κ3) is 4.01. The zero-order valence-electron chi connectivity index (χ0n) is 16.3. The standard InChI is InChI=1S/C19H26N4O2S2/c1-5-23-12(3)16(11(2)22-23)20-19(26)21-17-15(18(24)25-4)13-9-7-6-8-10-14(13)27-17/h5-10H2,1-4H3,(H2,20,21,26). The number of rotatable bonds is 4. The van der Waals surface area contributed by atoms with E-state index in [-0.39, 0.29) is 5.97 Å². The summed E-state index contributed by atoms with van der Waals surface area (Å²) < 4.78 is 6.99. The van der Waals surface area contributed by atoms with E-state index >= 15 is 0 Å². The molecule has 2 aromatic heterocycles. The summed E-state index contributed by atoms with van der Waals surface area (Å²) in [6.45, 7) is 6.83. The molecule has 0 atom stereocenters. The molecule has 0 saturated carbocycles. The van der Waals surface area contributed by atoms with Gasteiger partial charge >= 0.3 is 5.97 Å². The van der Waals surface area contributed by atoms with E-state index in [2.05, 4.69) is 22.7 Å². The van der Waals surface area contributed by atoms with Crippen LogP contribution in [0.2, 0.25) is 0 Å². The van der Waals surface area contributed by atoms with Crippen LogP contribution in [-0.2, 0) is 24.1 Å². The highest BCUT2D eigenvalue weighted by molar-refractivity contribution is 7.80. The zero-order valence-corrected chi connectivity index (χ0v) is 17.9. The molecule has 0 bridgehead atoms. The second-order valence-corrected chi connectivity index (χ2v) is 8.21. The Morgan fingerprint density at radius 2 is 2.00 bits per heavy atom. The average Bonchev–Trinajstić information content (AvgIpc) is 3.00. The van der Waals surface area contributed by atoms with Gasteiger partial charge in [-0.15, -0.1) is 11.3 Å². The topological polar surface area (TPSA) is 68.2 Å². The summed E-state index contributed by atoms with van der Waals surface area (Å²) in [5.41, 5.74) is 4.61. The molecule has 0 fully saturated rings. The first-order valence-electron chi connectivity index (χ1n) is 9.31. The van der Waals surface area contributed by atoms with Crippen LogP contribution < -0.4 is 10.6 Å². The molecule has 0 amide bonds. The van der Waals surface area contributed by atoms with Gasteiger partial charge in [-0.05, 0) is 64.2 Å². The molecule has 1 aliphatic carbocycles. The Kier molecular flexibility index (Phi) is 6.16. The molecule has 2 aromatic rings. The Hall–Kier alpha value is -1.93. The Balaban J connectivity index is 1.86. The van der Waals surface area contributed by atoms with E-state index in [0.29, 0.717) is 10.7 Å². The smallest absolute Gasteiger partial charge is 0.341 e. The third-order valence-corrected chi connectivity index (χ3v) is 6.37. The number of methoxy groups -OCH3 is 1. The maximum Gasteiger partial charge on any atom is 0.341 e. The molecule has 0 unspecified atom stereocenters. The maximum absolute atomic E-state index is 12.4. The Bertz CT molecular complexity index is 870. The van der Waals surface area contributed by atoms with Crippen molar-refractivity contribution in [3.05, 3.63) is 27.4 Å². The first-order valence-corrected chi connectivity index (χ1v) is 10.5. The normalized spacial score (nSPS) is 13.6. The largest absolute Gasteiger partial charge is 0.465 e. The lowest BCUT2D eigenvalue weighted by Crippen LogP contribution is -2.21. The minimum atomic E-state index is -0.300. The summed E-state index contributed by atoms with van der Waals surface area (Å²) in [5, 5.41) is 12.2. The van der Waals surface area contributed by atoms with Crippen LogP contribution in [0.5, 0.6) is 0 Å². The molecule has 146 valence electrons. The fourth-order valence-corrected chi connectivity index (χ4v) is 5.13. The van der Waals surface area contributed by atoms with Crippen LogP contribution >= 0.6 is 23.6 Å². The summed E-state index contributed by atoms with van der Waals surface area (Å²) in [4.78, 5) is 13.7. The summed E-state index contributed by atoms with van der Waals surface area (Å²) in [7, 11) is 1.43. The summed E-state index contributed by atoms with van der Waals surface area (Å²) in [6, 6.07) is 0. The number of anilines is 2. The van der Waals surface area contributed by atoms with Crippen LogP contribution in [-0.4, -0.2) is 28.0 Å². The molecule has 2 heterocycles. The predicted octanol–water partition coefficient (Wildman–Crippen LogP) is 4.45. The second kappa shape index (κ2) is 8.39. The molecule has 0 aliphatic heterocycles. The summed E-state index contributed by atoms with van der Waals surface area (Å²) in [6.07, 6.45) is 5.38. The van der Waals surface area contributed by atoms with E-state index in [4.69, 9.17) is 17.0 Å². The van der Waals surface area contributed by atoms with Crippen molar-refractivity contribution in [2.45, 2.75) is 59.4 Å². The number of aryl methyl sites for hydroxylation is 3. The number of nitrogens with one attached hydrogen (secondary N) is 2. The van der Waals surface area contributed by atoms with E-state index in [9.17, 15) is 4.79 Å². The number of hydrogen-bond donors (Lipinski definition) is 2. The number of fused-ring (bicyclic) bond motifs is 1. The van der Waals surface area contributed by atoms with Crippen molar-refractivity contribution in [3.63, 3.8) is 0 Å². The van der Waals surface area contributed by atoms with Gasteiger partial charge in [0, 0.05) is 11.4 Å². The fourth-order valence-electron chi connectivity index (χ4n) is 3.58. The van der Waals surface area contributed by atoms with Crippen LogP contribution in [0.15, 0.2) is 0 Å². The molecule has 3 rings (SSSR count). The lowest BCUT2D eigenvalue weighted by Gasteiger charge is -2.11. The molecule has 0 spiro atoms. The number of hydrogen-bond acceptors (Lipinski definition) is 5. The van der Waals surface area contributed by atoms with E-state index in [1.54, 1.807) is 11.3 Å². The highest BCUT2D eigenvalue weighted by Crippen LogP contribution is 2.38. The minimum Gasteiger partial charge on any atom is -0.465 e. The van der Waals surface area contributed by atoms with Gasteiger partial charge in [-0.3, -0.25) is 4.68 Å². The van der Waals surface area contributed by atoms with E-state index in [0.717, 1.165) is 59.9 Å². The number of nitrogens with zero attached hydrogens (tertiary/aromatic N) is 2. The third-order valence-electron chi connectivity index (χ3n) is 4.96. The fraction of sp³-hybridized carbons (Fsp3) is 0.526. The number of carbonyl (C=O) groups is 1. The highest BCUT2D eigenvalue weighted by atomic mass is 32.1. The zero-order chi connectivity index (χ0) is 19.6. The molecular formula is C19H26N4O2S2. The van der Waals surface area contributed by atoms with Gasteiger partial charge in [0.15, 0.2) is 5.11 Å². The maximum atomic E-state index is 12.4. The first-order chi connectivity index (χ1) is 13.0. The molecule has 6 nitrogen and oxygen atoms in total. The molecule has 0 saturated heterocycles. The van der Waals surface area contributed by atoms with Gasteiger partial charge in [-0.2, -0.15) is 5.10 Å². The van der Waals surface area contributed by atoms with Gasteiger partial charge < -0.3 is 15.4 Å². The number of thiocarbonyl (C=S) groups is 1. The number of esters is 1. The van der Waals surface area contributed by atoms with Gasteiger partial charge in [0.1, 0.15) is 5.00 Å². The van der Waals surface area contributed by atoms with Crippen LogP contribution in [0.3, 0.4) is 0 Å². The minimum absolute atomic E-state index is 0.300. The lowest BCUT2D eigenvalue weighted by molar-refractivity contribution is 0.0601. The monoisotopic (exact) mass is 406 g/mol. The highest BCUT2D eigenvalue weighted by Gasteiger charge is 2.26. The number of thiophene rings is 1. The second-order valence-electron chi connectivity index (χ2n) is 6.70. The lowest BCUT2D eigenvalue weighted by atomic mass is 10.1. The molecule has 0 radical (unpaired) electrons. The van der Waals surface area contributed by atoms with E-state index < -0.39 is 0 Å². The summed E-state index contributed by atoms with van der Waals surface area (Å²) >= 11 is 7.14.